The van der Waals surface area contributed by atoms with Crippen LogP contribution in [0.15, 0.2) is 51.7 Å². The summed E-state index contributed by atoms with van der Waals surface area (Å²) < 4.78 is 19.5. The van der Waals surface area contributed by atoms with Gasteiger partial charge in [0, 0.05) is 11.4 Å². The third kappa shape index (κ3) is 3.40. The highest BCUT2D eigenvalue weighted by atomic mass is 35.5. The maximum absolute atomic E-state index is 13.6. The van der Waals surface area contributed by atoms with Crippen LogP contribution in [0.4, 0.5) is 9.52 Å². The number of fused-ring (bicyclic) bond motifs is 2. The van der Waals surface area contributed by atoms with Gasteiger partial charge in [-0.1, -0.05) is 48.9 Å². The van der Waals surface area contributed by atoms with Crippen molar-refractivity contribution in [2.24, 2.45) is 5.92 Å². The number of carbonyl (C=O) groups excluding carboxylic acids is 1. The van der Waals surface area contributed by atoms with Crippen molar-refractivity contribution in [1.29, 1.82) is 0 Å². The molecule has 1 aliphatic rings. The smallest absolute Gasteiger partial charge is 0.297 e. The first-order valence-corrected chi connectivity index (χ1v) is 11.2. The topological polar surface area (TPSA) is 76.3 Å². The van der Waals surface area contributed by atoms with E-state index < -0.39 is 17.8 Å². The summed E-state index contributed by atoms with van der Waals surface area (Å²) >= 11 is 7.38. The Balaban J connectivity index is 1.74. The fourth-order valence-electron chi connectivity index (χ4n) is 3.88. The quantitative estimate of drug-likeness (QED) is 0.400. The van der Waals surface area contributed by atoms with Crippen molar-refractivity contribution in [2.45, 2.75) is 26.3 Å². The van der Waals surface area contributed by atoms with Gasteiger partial charge in [-0.05, 0) is 41.8 Å². The van der Waals surface area contributed by atoms with Gasteiger partial charge in [0.15, 0.2) is 5.43 Å². The van der Waals surface area contributed by atoms with Crippen LogP contribution in [0.2, 0.25) is 5.02 Å². The Labute approximate surface area is 191 Å². The number of carbonyl (C=O) groups is 1. The van der Waals surface area contributed by atoms with Crippen LogP contribution in [0.1, 0.15) is 46.6 Å². The number of aromatic nitrogens is 2. The van der Waals surface area contributed by atoms with Gasteiger partial charge in [0.1, 0.15) is 16.4 Å². The summed E-state index contributed by atoms with van der Waals surface area (Å²) in [6.45, 7) is 4.14. The molecular formula is C23H17ClFN3O3S. The SMILES string of the molecule is CC(C)Cc1nnc(N2C(=O)c3oc4ccc(Cl)cc4c(=O)c3C2c2ccc(F)cc2)s1. The van der Waals surface area contributed by atoms with Crippen molar-refractivity contribution in [2.75, 3.05) is 4.90 Å². The Hall–Kier alpha value is -3.10. The molecule has 1 atom stereocenters. The van der Waals surface area contributed by atoms with E-state index in [1.165, 1.54) is 34.4 Å². The molecule has 1 aliphatic heterocycles. The molecule has 32 heavy (non-hydrogen) atoms. The van der Waals surface area contributed by atoms with E-state index in [1.807, 2.05) is 0 Å². The first kappa shape index (κ1) is 20.8. The van der Waals surface area contributed by atoms with Crippen molar-refractivity contribution < 1.29 is 13.6 Å². The summed E-state index contributed by atoms with van der Waals surface area (Å²) in [7, 11) is 0. The Morgan fingerprint density at radius 1 is 1.16 bits per heavy atom. The molecule has 5 rings (SSSR count). The second-order valence-electron chi connectivity index (χ2n) is 8.02. The monoisotopic (exact) mass is 469 g/mol. The van der Waals surface area contributed by atoms with Crippen LogP contribution < -0.4 is 10.3 Å². The molecule has 0 fully saturated rings. The lowest BCUT2D eigenvalue weighted by Gasteiger charge is -2.22. The number of rotatable bonds is 4. The van der Waals surface area contributed by atoms with Gasteiger partial charge in [-0.2, -0.15) is 0 Å². The van der Waals surface area contributed by atoms with E-state index in [-0.39, 0.29) is 27.7 Å². The summed E-state index contributed by atoms with van der Waals surface area (Å²) in [5.41, 5.74) is 0.648. The molecule has 162 valence electrons. The lowest BCUT2D eigenvalue weighted by molar-refractivity contribution is 0.0970. The van der Waals surface area contributed by atoms with Gasteiger partial charge in [-0.25, -0.2) is 4.39 Å². The molecule has 6 nitrogen and oxygen atoms in total. The molecule has 1 unspecified atom stereocenters. The lowest BCUT2D eigenvalue weighted by Crippen LogP contribution is -2.29. The Morgan fingerprint density at radius 3 is 2.62 bits per heavy atom. The predicted molar refractivity (Wildman–Crippen MR) is 121 cm³/mol. The minimum absolute atomic E-state index is 0.0558. The summed E-state index contributed by atoms with van der Waals surface area (Å²) in [4.78, 5) is 28.4. The molecule has 0 bridgehead atoms. The molecule has 0 saturated carbocycles. The van der Waals surface area contributed by atoms with Crippen molar-refractivity contribution >= 4 is 44.9 Å². The highest BCUT2D eigenvalue weighted by Gasteiger charge is 2.45. The van der Waals surface area contributed by atoms with E-state index in [4.69, 9.17) is 16.0 Å². The van der Waals surface area contributed by atoms with E-state index in [1.54, 1.807) is 24.3 Å². The van der Waals surface area contributed by atoms with Crippen molar-refractivity contribution in [3.63, 3.8) is 0 Å². The van der Waals surface area contributed by atoms with Crippen molar-refractivity contribution in [1.82, 2.24) is 10.2 Å². The number of hydrogen-bond acceptors (Lipinski definition) is 6. The van der Waals surface area contributed by atoms with E-state index in [0.717, 1.165) is 5.01 Å². The van der Waals surface area contributed by atoms with Gasteiger partial charge in [-0.15, -0.1) is 10.2 Å². The largest absolute Gasteiger partial charge is 0.450 e. The molecule has 1 amide bonds. The van der Waals surface area contributed by atoms with Crippen LogP contribution in [0, 0.1) is 11.7 Å². The molecule has 0 saturated heterocycles. The number of nitrogens with zero attached hydrogens (tertiary/aromatic N) is 3. The molecular weight excluding hydrogens is 453 g/mol. The molecule has 9 heteroatoms. The Morgan fingerprint density at radius 2 is 1.91 bits per heavy atom. The van der Waals surface area contributed by atoms with E-state index in [2.05, 4.69) is 24.0 Å². The number of benzene rings is 2. The van der Waals surface area contributed by atoms with Crippen LogP contribution in [0.3, 0.4) is 0 Å². The number of halogens is 2. The summed E-state index contributed by atoms with van der Waals surface area (Å²) in [5, 5.41) is 10.2. The molecule has 2 aromatic heterocycles. The van der Waals surface area contributed by atoms with Crippen molar-refractivity contribution in [3.8, 4) is 0 Å². The Kier molecular flexibility index (Phi) is 5.06. The second kappa shape index (κ2) is 7.79. The number of anilines is 1. The number of hydrogen-bond donors (Lipinski definition) is 0. The third-order valence-electron chi connectivity index (χ3n) is 5.26. The van der Waals surface area contributed by atoms with Gasteiger partial charge in [-0.3, -0.25) is 14.5 Å². The predicted octanol–water partition coefficient (Wildman–Crippen LogP) is 5.39. The minimum atomic E-state index is -0.822. The fourth-order valence-corrected chi connectivity index (χ4v) is 5.13. The zero-order chi connectivity index (χ0) is 22.6. The van der Waals surface area contributed by atoms with Crippen LogP contribution in [0.25, 0.3) is 11.0 Å². The molecule has 4 aromatic rings. The first-order valence-electron chi connectivity index (χ1n) is 10.0. The van der Waals surface area contributed by atoms with Gasteiger partial charge in [0.05, 0.1) is 17.0 Å². The molecule has 0 radical (unpaired) electrons. The second-order valence-corrected chi connectivity index (χ2v) is 9.50. The van der Waals surface area contributed by atoms with Crippen LogP contribution in [-0.4, -0.2) is 16.1 Å². The highest BCUT2D eigenvalue weighted by Crippen LogP contribution is 2.42. The molecule has 3 heterocycles. The number of amides is 1. The lowest BCUT2D eigenvalue weighted by atomic mass is 9.99. The summed E-state index contributed by atoms with van der Waals surface area (Å²) in [5.74, 6) is -0.596. The van der Waals surface area contributed by atoms with Crippen molar-refractivity contribution in [3.05, 3.63) is 85.4 Å². The van der Waals surface area contributed by atoms with E-state index in [9.17, 15) is 14.0 Å². The Bertz CT molecular complexity index is 1410. The molecule has 0 aliphatic carbocycles. The van der Waals surface area contributed by atoms with Gasteiger partial charge in [0.25, 0.3) is 5.91 Å². The maximum atomic E-state index is 13.6. The first-order chi connectivity index (χ1) is 15.3. The highest BCUT2D eigenvalue weighted by molar-refractivity contribution is 7.15. The van der Waals surface area contributed by atoms with Crippen LogP contribution >= 0.6 is 22.9 Å². The minimum Gasteiger partial charge on any atom is -0.450 e. The van der Waals surface area contributed by atoms with Crippen LogP contribution in [0.5, 0.6) is 0 Å². The van der Waals surface area contributed by atoms with Gasteiger partial charge in [0.2, 0.25) is 10.9 Å². The van der Waals surface area contributed by atoms with E-state index in [0.29, 0.717) is 28.1 Å². The maximum Gasteiger partial charge on any atom is 0.297 e. The van der Waals surface area contributed by atoms with Gasteiger partial charge < -0.3 is 4.42 Å². The zero-order valence-corrected chi connectivity index (χ0v) is 18.7. The summed E-state index contributed by atoms with van der Waals surface area (Å²) in [6.07, 6.45) is 0.716. The molecule has 2 aromatic carbocycles. The average molecular weight is 470 g/mol. The molecule has 0 N–H and O–H groups in total. The van der Waals surface area contributed by atoms with Crippen LogP contribution in [-0.2, 0) is 6.42 Å². The fraction of sp³-hybridized carbons (Fsp3) is 0.217. The van der Waals surface area contributed by atoms with Gasteiger partial charge >= 0.3 is 0 Å². The normalized spacial score (nSPS) is 15.7. The third-order valence-corrected chi connectivity index (χ3v) is 6.44. The summed E-state index contributed by atoms with van der Waals surface area (Å²) in [6, 6.07) is 9.53. The van der Waals surface area contributed by atoms with E-state index >= 15 is 0 Å². The standard InChI is InChI=1S/C23H17ClFN3O3S/c1-11(2)9-17-26-27-23(32-17)28-19(12-3-6-14(25)7-4-12)18-20(29)15-10-13(24)5-8-16(15)31-21(18)22(28)30/h3-8,10-11,19H,9H2,1-2H3. The average Bonchev–Trinajstić information content (AvgIpc) is 3.31. The zero-order valence-electron chi connectivity index (χ0n) is 17.1. The molecule has 0 spiro atoms.